The molecule has 0 amide bonds. The lowest BCUT2D eigenvalue weighted by atomic mass is 10.1. The average Bonchev–Trinajstić information content (AvgIpc) is 2.74. The first kappa shape index (κ1) is 20.0. The van der Waals surface area contributed by atoms with Crippen molar-refractivity contribution >= 4 is 15.9 Å². The van der Waals surface area contributed by atoms with Gasteiger partial charge in [0.25, 0.3) is 0 Å². The lowest BCUT2D eigenvalue weighted by molar-refractivity contribution is 0.242. The molecule has 1 aromatic carbocycles. The fraction of sp³-hybridized carbons (Fsp3) is 0.348. The normalized spacial score (nSPS) is 14.1. The predicted molar refractivity (Wildman–Crippen MR) is 118 cm³/mol. The maximum absolute atomic E-state index is 5.48. The molecule has 0 bridgehead atoms. The van der Waals surface area contributed by atoms with Gasteiger partial charge in [0, 0.05) is 65.7 Å². The van der Waals surface area contributed by atoms with E-state index in [1.807, 2.05) is 30.6 Å². The van der Waals surface area contributed by atoms with Crippen LogP contribution in [-0.2, 0) is 19.5 Å². The van der Waals surface area contributed by atoms with E-state index in [2.05, 4.69) is 56.8 Å². The number of benzene rings is 1. The zero-order valence-corrected chi connectivity index (χ0v) is 18.6. The van der Waals surface area contributed by atoms with E-state index >= 15 is 0 Å². The van der Waals surface area contributed by atoms with Gasteiger partial charge in [-0.15, -0.1) is 0 Å². The molecule has 0 saturated carbocycles. The Morgan fingerprint density at radius 3 is 2.72 bits per heavy atom. The first-order valence-electron chi connectivity index (χ1n) is 9.89. The number of aromatic nitrogens is 3. The smallest absolute Gasteiger partial charge is 0.131 e. The molecular formula is C23H25BrN4O. The fourth-order valence-electron chi connectivity index (χ4n) is 3.62. The summed E-state index contributed by atoms with van der Waals surface area (Å²) in [7, 11) is 1.68. The fourth-order valence-corrected chi connectivity index (χ4v) is 3.98. The number of hydrogen-bond acceptors (Lipinski definition) is 5. The Kier molecular flexibility index (Phi) is 5.92. The van der Waals surface area contributed by atoms with E-state index in [9.17, 15) is 0 Å². The number of halogens is 1. The van der Waals surface area contributed by atoms with Crippen LogP contribution in [0.25, 0.3) is 11.3 Å². The van der Waals surface area contributed by atoms with Crippen LogP contribution in [0, 0.1) is 0 Å². The van der Waals surface area contributed by atoms with Crippen molar-refractivity contribution < 1.29 is 4.74 Å². The van der Waals surface area contributed by atoms with Gasteiger partial charge in [0.05, 0.1) is 12.8 Å². The van der Waals surface area contributed by atoms with E-state index in [0.717, 1.165) is 53.4 Å². The molecule has 3 heterocycles. The summed E-state index contributed by atoms with van der Waals surface area (Å²) in [4.78, 5) is 16.4. The molecule has 5 nitrogen and oxygen atoms in total. The van der Waals surface area contributed by atoms with Gasteiger partial charge in [-0.1, -0.05) is 35.8 Å². The van der Waals surface area contributed by atoms with Gasteiger partial charge in [-0.05, 0) is 29.8 Å². The molecule has 4 rings (SSSR count). The Morgan fingerprint density at radius 2 is 2.00 bits per heavy atom. The summed E-state index contributed by atoms with van der Waals surface area (Å²) in [6.45, 7) is 7.03. The minimum Gasteiger partial charge on any atom is -0.496 e. The first-order valence-corrected chi connectivity index (χ1v) is 10.7. The minimum atomic E-state index is 0.367. The average molecular weight is 453 g/mol. The highest BCUT2D eigenvalue weighted by atomic mass is 79.9. The quantitative estimate of drug-likeness (QED) is 0.545. The van der Waals surface area contributed by atoms with E-state index in [1.54, 1.807) is 7.11 Å². The zero-order valence-electron chi connectivity index (χ0n) is 17.0. The third kappa shape index (κ3) is 4.49. The molecule has 2 aromatic heterocycles. The molecule has 0 radical (unpaired) electrons. The monoisotopic (exact) mass is 452 g/mol. The molecule has 1 aliphatic heterocycles. The van der Waals surface area contributed by atoms with Gasteiger partial charge in [0.15, 0.2) is 0 Å². The summed E-state index contributed by atoms with van der Waals surface area (Å²) in [5, 5.41) is 0. The number of nitrogens with zero attached hydrogens (tertiary/aromatic N) is 4. The van der Waals surface area contributed by atoms with E-state index < -0.39 is 0 Å². The van der Waals surface area contributed by atoms with Gasteiger partial charge in [-0.25, -0.2) is 9.97 Å². The maximum Gasteiger partial charge on any atom is 0.131 e. The summed E-state index contributed by atoms with van der Waals surface area (Å²) < 4.78 is 6.49. The highest BCUT2D eigenvalue weighted by Crippen LogP contribution is 2.31. The van der Waals surface area contributed by atoms with Crippen LogP contribution in [0.3, 0.4) is 0 Å². The van der Waals surface area contributed by atoms with Gasteiger partial charge < -0.3 is 4.74 Å². The second kappa shape index (κ2) is 8.59. The van der Waals surface area contributed by atoms with Crippen molar-refractivity contribution in [2.24, 2.45) is 0 Å². The molecule has 1 aliphatic rings. The highest BCUT2D eigenvalue weighted by Gasteiger charge is 2.19. The molecule has 150 valence electrons. The number of ether oxygens (including phenoxy) is 1. The van der Waals surface area contributed by atoms with Crippen molar-refractivity contribution in [1.82, 2.24) is 19.9 Å². The van der Waals surface area contributed by atoms with Gasteiger partial charge in [-0.2, -0.15) is 0 Å². The van der Waals surface area contributed by atoms with Crippen LogP contribution >= 0.6 is 15.9 Å². The topological polar surface area (TPSA) is 51.1 Å². The molecule has 0 aliphatic carbocycles. The van der Waals surface area contributed by atoms with E-state index in [-0.39, 0.29) is 0 Å². The van der Waals surface area contributed by atoms with Crippen LogP contribution in [0.5, 0.6) is 5.75 Å². The number of hydrogen-bond donors (Lipinski definition) is 0. The molecule has 29 heavy (non-hydrogen) atoms. The van der Waals surface area contributed by atoms with Gasteiger partial charge >= 0.3 is 0 Å². The molecule has 0 N–H and O–H groups in total. The van der Waals surface area contributed by atoms with Crippen LogP contribution in [0.1, 0.15) is 42.4 Å². The lowest BCUT2D eigenvalue weighted by Crippen LogP contribution is -2.31. The molecule has 0 atom stereocenters. The summed E-state index contributed by atoms with van der Waals surface area (Å²) in [6.07, 6.45) is 4.94. The summed E-state index contributed by atoms with van der Waals surface area (Å²) in [6, 6.07) is 10.2. The largest absolute Gasteiger partial charge is 0.496 e. The Hall–Kier alpha value is -2.31. The van der Waals surface area contributed by atoms with Crippen molar-refractivity contribution in [3.63, 3.8) is 0 Å². The van der Waals surface area contributed by atoms with E-state index in [0.29, 0.717) is 5.92 Å². The van der Waals surface area contributed by atoms with Crippen LogP contribution < -0.4 is 4.74 Å². The van der Waals surface area contributed by atoms with Crippen molar-refractivity contribution in [1.29, 1.82) is 0 Å². The summed E-state index contributed by atoms with van der Waals surface area (Å²) in [5.41, 5.74) is 5.54. The second-order valence-electron chi connectivity index (χ2n) is 7.71. The molecule has 0 saturated heterocycles. The standard InChI is InChI=1S/C23H25BrN4O/c1-15(2)23-26-12-17-14-28(9-8-20(17)27-23)13-16-4-6-21(25-11-16)19-10-18(24)5-7-22(19)29-3/h4-7,10-12,15H,8-9,13-14H2,1-3H3. The first-order chi connectivity index (χ1) is 14.0. The second-order valence-corrected chi connectivity index (χ2v) is 8.63. The van der Waals surface area contributed by atoms with Gasteiger partial charge in [0.1, 0.15) is 11.6 Å². The third-order valence-corrected chi connectivity index (χ3v) is 5.71. The van der Waals surface area contributed by atoms with Crippen LogP contribution in [0.4, 0.5) is 0 Å². The van der Waals surface area contributed by atoms with Crippen molar-refractivity contribution in [3.8, 4) is 17.0 Å². The molecule has 6 heteroatoms. The zero-order chi connectivity index (χ0) is 20.4. The third-order valence-electron chi connectivity index (χ3n) is 5.22. The number of pyridine rings is 1. The van der Waals surface area contributed by atoms with Crippen molar-refractivity contribution in [3.05, 3.63) is 69.8 Å². The van der Waals surface area contributed by atoms with Crippen LogP contribution in [-0.4, -0.2) is 33.5 Å². The highest BCUT2D eigenvalue weighted by molar-refractivity contribution is 9.10. The van der Waals surface area contributed by atoms with Crippen molar-refractivity contribution in [2.45, 2.75) is 39.3 Å². The lowest BCUT2D eigenvalue weighted by Gasteiger charge is -2.28. The Bertz CT molecular complexity index is 1000. The molecule has 0 fully saturated rings. The molecule has 0 spiro atoms. The Balaban J connectivity index is 1.47. The molecule has 3 aromatic rings. The maximum atomic E-state index is 5.48. The van der Waals surface area contributed by atoms with Crippen LogP contribution in [0.15, 0.2) is 47.2 Å². The Morgan fingerprint density at radius 1 is 1.14 bits per heavy atom. The predicted octanol–water partition coefficient (Wildman–Crippen LogP) is 4.99. The van der Waals surface area contributed by atoms with E-state index in [4.69, 9.17) is 9.72 Å². The summed E-state index contributed by atoms with van der Waals surface area (Å²) >= 11 is 3.53. The van der Waals surface area contributed by atoms with Gasteiger partial charge in [0.2, 0.25) is 0 Å². The number of fused-ring (bicyclic) bond motifs is 1. The molecular weight excluding hydrogens is 428 g/mol. The number of methoxy groups -OCH3 is 1. The van der Waals surface area contributed by atoms with Gasteiger partial charge in [-0.3, -0.25) is 9.88 Å². The minimum absolute atomic E-state index is 0.367. The number of rotatable bonds is 5. The summed E-state index contributed by atoms with van der Waals surface area (Å²) in [5.74, 6) is 2.13. The molecule has 0 unspecified atom stereocenters. The SMILES string of the molecule is COc1ccc(Br)cc1-c1ccc(CN2CCc3nc(C(C)C)ncc3C2)cn1. The van der Waals surface area contributed by atoms with Crippen molar-refractivity contribution in [2.75, 3.05) is 13.7 Å². The van der Waals surface area contributed by atoms with E-state index in [1.165, 1.54) is 16.8 Å². The van der Waals surface area contributed by atoms with Crippen LogP contribution in [0.2, 0.25) is 0 Å². The Labute approximate surface area is 180 Å².